The predicted molar refractivity (Wildman–Crippen MR) is 48.7 cm³/mol. The number of nitrogens with zero attached hydrogens (tertiary/aromatic N) is 1. The highest BCUT2D eigenvalue weighted by atomic mass is 16.6. The van der Waals surface area contributed by atoms with Crippen LogP contribution in [0.5, 0.6) is 0 Å². The van der Waals surface area contributed by atoms with Crippen LogP contribution in [0.25, 0.3) is 0 Å². The molecule has 68 valence electrons. The van der Waals surface area contributed by atoms with Crippen LogP contribution in [0.15, 0.2) is 24.3 Å². The third-order valence-electron chi connectivity index (χ3n) is 2.33. The van der Waals surface area contributed by atoms with E-state index in [1.54, 1.807) is 12.1 Å². The normalized spacial score (nSPS) is 16.6. The van der Waals surface area contributed by atoms with E-state index >= 15 is 0 Å². The van der Waals surface area contributed by atoms with Crippen LogP contribution in [0, 0.1) is 10.1 Å². The maximum absolute atomic E-state index is 10.5. The molecule has 2 rings (SSSR count). The van der Waals surface area contributed by atoms with Gasteiger partial charge >= 0.3 is 0 Å². The molecule has 4 heteroatoms. The van der Waals surface area contributed by atoms with Crippen molar-refractivity contribution < 1.29 is 4.92 Å². The van der Waals surface area contributed by atoms with Crippen molar-refractivity contribution in [3.8, 4) is 0 Å². The van der Waals surface area contributed by atoms with E-state index in [0.717, 1.165) is 18.7 Å². The van der Waals surface area contributed by atoms with Crippen LogP contribution in [-0.4, -0.2) is 18.0 Å². The molecular weight excluding hydrogens is 168 g/mol. The lowest BCUT2D eigenvalue weighted by Crippen LogP contribution is -2.39. The lowest BCUT2D eigenvalue weighted by atomic mass is 9.93. The van der Waals surface area contributed by atoms with Crippen molar-refractivity contribution in [2.24, 2.45) is 0 Å². The highest BCUT2D eigenvalue weighted by Crippen LogP contribution is 2.23. The van der Waals surface area contributed by atoms with Crippen molar-refractivity contribution >= 4 is 5.69 Å². The average Bonchev–Trinajstić information content (AvgIpc) is 2.01. The molecule has 1 aliphatic heterocycles. The maximum Gasteiger partial charge on any atom is 0.269 e. The molecule has 1 N–H and O–H groups in total. The zero-order chi connectivity index (χ0) is 9.26. The largest absolute Gasteiger partial charge is 0.315 e. The zero-order valence-corrected chi connectivity index (χ0v) is 7.06. The Hall–Kier alpha value is -1.42. The van der Waals surface area contributed by atoms with Crippen molar-refractivity contribution in [2.45, 2.75) is 5.92 Å². The van der Waals surface area contributed by atoms with Crippen molar-refractivity contribution in [3.05, 3.63) is 39.9 Å². The van der Waals surface area contributed by atoms with E-state index in [-0.39, 0.29) is 10.6 Å². The molecular formula is C9H10N2O2. The van der Waals surface area contributed by atoms with Gasteiger partial charge in [-0.15, -0.1) is 0 Å². The summed E-state index contributed by atoms with van der Waals surface area (Å²) >= 11 is 0. The van der Waals surface area contributed by atoms with E-state index in [4.69, 9.17) is 0 Å². The van der Waals surface area contributed by atoms with Gasteiger partial charge in [0.05, 0.1) is 4.92 Å². The Balaban J connectivity index is 2.26. The number of non-ortho nitro benzene ring substituents is 1. The number of benzene rings is 1. The third-order valence-corrected chi connectivity index (χ3v) is 2.33. The van der Waals surface area contributed by atoms with Gasteiger partial charge in [0.1, 0.15) is 0 Å². The highest BCUT2D eigenvalue weighted by Gasteiger charge is 2.20. The standard InChI is InChI=1S/C9H10N2O2/c12-11(13)9-3-1-2-7(4-9)8-5-10-6-8/h1-4,8,10H,5-6H2. The number of nitrogens with one attached hydrogen (secondary N) is 1. The molecule has 0 saturated carbocycles. The topological polar surface area (TPSA) is 55.2 Å². The minimum Gasteiger partial charge on any atom is -0.315 e. The first kappa shape index (κ1) is 8.19. The van der Waals surface area contributed by atoms with Gasteiger partial charge in [0.2, 0.25) is 0 Å². The fourth-order valence-electron chi connectivity index (χ4n) is 1.42. The summed E-state index contributed by atoms with van der Waals surface area (Å²) < 4.78 is 0. The average molecular weight is 178 g/mol. The molecule has 1 aliphatic rings. The van der Waals surface area contributed by atoms with E-state index in [9.17, 15) is 10.1 Å². The molecule has 1 aromatic rings. The Kier molecular flexibility index (Phi) is 1.98. The van der Waals surface area contributed by atoms with E-state index < -0.39 is 0 Å². The lowest BCUT2D eigenvalue weighted by Gasteiger charge is -2.27. The van der Waals surface area contributed by atoms with Gasteiger partial charge in [0, 0.05) is 31.1 Å². The molecule has 1 aromatic carbocycles. The van der Waals surface area contributed by atoms with Crippen LogP contribution in [0.3, 0.4) is 0 Å². The molecule has 0 atom stereocenters. The molecule has 1 heterocycles. The van der Waals surface area contributed by atoms with Crippen LogP contribution in [0.4, 0.5) is 5.69 Å². The van der Waals surface area contributed by atoms with Gasteiger partial charge in [0.15, 0.2) is 0 Å². The minimum absolute atomic E-state index is 0.185. The smallest absolute Gasteiger partial charge is 0.269 e. The number of nitro groups is 1. The van der Waals surface area contributed by atoms with Crippen LogP contribution in [0.1, 0.15) is 11.5 Å². The number of nitro benzene ring substituents is 1. The van der Waals surface area contributed by atoms with Crippen molar-refractivity contribution in [1.29, 1.82) is 0 Å². The van der Waals surface area contributed by atoms with E-state index in [0.29, 0.717) is 5.92 Å². The first-order valence-corrected chi connectivity index (χ1v) is 4.22. The fraction of sp³-hybridized carbons (Fsp3) is 0.333. The van der Waals surface area contributed by atoms with Gasteiger partial charge in [-0.3, -0.25) is 10.1 Å². The molecule has 0 bridgehead atoms. The molecule has 0 radical (unpaired) electrons. The van der Waals surface area contributed by atoms with Crippen molar-refractivity contribution in [3.63, 3.8) is 0 Å². The van der Waals surface area contributed by atoms with Gasteiger partial charge in [-0.25, -0.2) is 0 Å². The number of hydrogen-bond donors (Lipinski definition) is 1. The second-order valence-electron chi connectivity index (χ2n) is 3.21. The van der Waals surface area contributed by atoms with E-state index in [1.165, 1.54) is 6.07 Å². The molecule has 0 amide bonds. The molecule has 1 fully saturated rings. The Morgan fingerprint density at radius 1 is 1.46 bits per heavy atom. The van der Waals surface area contributed by atoms with Crippen LogP contribution in [-0.2, 0) is 0 Å². The Bertz CT molecular complexity index is 334. The van der Waals surface area contributed by atoms with Crippen LogP contribution < -0.4 is 5.32 Å². The summed E-state index contributed by atoms with van der Waals surface area (Å²) in [5.41, 5.74) is 1.25. The Morgan fingerprint density at radius 3 is 2.77 bits per heavy atom. The summed E-state index contributed by atoms with van der Waals surface area (Å²) in [7, 11) is 0. The third kappa shape index (κ3) is 1.53. The number of rotatable bonds is 2. The first-order valence-electron chi connectivity index (χ1n) is 4.22. The van der Waals surface area contributed by atoms with Gasteiger partial charge in [-0.1, -0.05) is 12.1 Å². The first-order chi connectivity index (χ1) is 6.27. The monoisotopic (exact) mass is 178 g/mol. The van der Waals surface area contributed by atoms with Crippen molar-refractivity contribution in [1.82, 2.24) is 5.32 Å². The molecule has 1 saturated heterocycles. The second-order valence-corrected chi connectivity index (χ2v) is 3.21. The summed E-state index contributed by atoms with van der Waals surface area (Å²) in [4.78, 5) is 10.1. The van der Waals surface area contributed by atoms with E-state index in [1.807, 2.05) is 6.07 Å². The van der Waals surface area contributed by atoms with Gasteiger partial charge < -0.3 is 5.32 Å². The van der Waals surface area contributed by atoms with Gasteiger partial charge in [0.25, 0.3) is 5.69 Å². The maximum atomic E-state index is 10.5. The molecule has 13 heavy (non-hydrogen) atoms. The Labute approximate surface area is 75.7 Å². The highest BCUT2D eigenvalue weighted by molar-refractivity contribution is 5.37. The van der Waals surface area contributed by atoms with Crippen LogP contribution in [0.2, 0.25) is 0 Å². The zero-order valence-electron chi connectivity index (χ0n) is 7.06. The fourth-order valence-corrected chi connectivity index (χ4v) is 1.42. The van der Waals surface area contributed by atoms with Gasteiger partial charge in [-0.05, 0) is 5.56 Å². The summed E-state index contributed by atoms with van der Waals surface area (Å²) in [6.45, 7) is 1.86. The summed E-state index contributed by atoms with van der Waals surface area (Å²) in [5.74, 6) is 0.458. The van der Waals surface area contributed by atoms with Gasteiger partial charge in [-0.2, -0.15) is 0 Å². The SMILES string of the molecule is O=[N+]([O-])c1cccc(C2CNC2)c1. The molecule has 0 unspecified atom stereocenters. The lowest BCUT2D eigenvalue weighted by molar-refractivity contribution is -0.384. The molecule has 0 spiro atoms. The quantitative estimate of drug-likeness (QED) is 0.548. The molecule has 4 nitrogen and oxygen atoms in total. The number of hydrogen-bond acceptors (Lipinski definition) is 3. The summed E-state index contributed by atoms with van der Waals surface area (Å²) in [6.07, 6.45) is 0. The summed E-state index contributed by atoms with van der Waals surface area (Å²) in [6, 6.07) is 6.87. The Morgan fingerprint density at radius 2 is 2.23 bits per heavy atom. The minimum atomic E-state index is -0.352. The predicted octanol–water partition coefficient (Wildman–Crippen LogP) is 1.28. The summed E-state index contributed by atoms with van der Waals surface area (Å²) in [5, 5.41) is 13.6. The van der Waals surface area contributed by atoms with Crippen LogP contribution >= 0.6 is 0 Å². The molecule has 0 aromatic heterocycles. The second kappa shape index (κ2) is 3.14. The van der Waals surface area contributed by atoms with Crippen molar-refractivity contribution in [2.75, 3.05) is 13.1 Å². The van der Waals surface area contributed by atoms with E-state index in [2.05, 4.69) is 5.32 Å². The molecule has 0 aliphatic carbocycles.